The summed E-state index contributed by atoms with van der Waals surface area (Å²) in [6.07, 6.45) is 2.17. The number of ether oxygens (including phenoxy) is 1. The summed E-state index contributed by atoms with van der Waals surface area (Å²) in [6.45, 7) is 2.18. The molecule has 1 aromatic heterocycles. The summed E-state index contributed by atoms with van der Waals surface area (Å²) in [7, 11) is 0. The summed E-state index contributed by atoms with van der Waals surface area (Å²) in [5.74, 6) is -0.157. The quantitative estimate of drug-likeness (QED) is 0.423. The number of H-pyrrole nitrogens is 1. The van der Waals surface area contributed by atoms with Crippen LogP contribution in [0.5, 0.6) is 5.75 Å². The Bertz CT molecular complexity index is 1110. The lowest BCUT2D eigenvalue weighted by molar-refractivity contribution is -0.143. The van der Waals surface area contributed by atoms with Gasteiger partial charge in [0.25, 0.3) is 0 Å². The molecular formula is C25H23NO3. The van der Waals surface area contributed by atoms with Crippen molar-refractivity contribution >= 4 is 16.9 Å². The lowest BCUT2D eigenvalue weighted by Crippen LogP contribution is -2.11. The molecule has 4 aromatic rings. The zero-order valence-corrected chi connectivity index (χ0v) is 16.3. The van der Waals surface area contributed by atoms with E-state index in [1.165, 1.54) is 0 Å². The predicted molar refractivity (Wildman–Crippen MR) is 115 cm³/mol. The molecule has 2 N–H and O–H groups in total. The molecule has 0 aliphatic heterocycles. The number of fused-ring (bicyclic) bond motifs is 1. The molecule has 0 fully saturated rings. The number of aromatic amines is 1. The van der Waals surface area contributed by atoms with Gasteiger partial charge >= 0.3 is 5.97 Å². The van der Waals surface area contributed by atoms with Crippen LogP contribution in [-0.2, 0) is 9.53 Å². The van der Waals surface area contributed by atoms with E-state index in [2.05, 4.69) is 41.4 Å². The number of aromatic hydroxyl groups is 1. The third-order valence-electron chi connectivity index (χ3n) is 5.17. The lowest BCUT2D eigenvalue weighted by Gasteiger charge is -2.17. The molecule has 29 heavy (non-hydrogen) atoms. The maximum absolute atomic E-state index is 12.3. The van der Waals surface area contributed by atoms with Crippen LogP contribution in [0.4, 0.5) is 0 Å². The van der Waals surface area contributed by atoms with Crippen molar-refractivity contribution in [2.75, 3.05) is 6.61 Å². The fourth-order valence-corrected chi connectivity index (χ4v) is 3.76. The number of rotatable bonds is 6. The summed E-state index contributed by atoms with van der Waals surface area (Å²) in [4.78, 5) is 15.5. The number of esters is 1. The molecule has 0 aliphatic rings. The molecule has 0 radical (unpaired) electrons. The first kappa shape index (κ1) is 18.8. The van der Waals surface area contributed by atoms with Gasteiger partial charge in [-0.1, -0.05) is 54.6 Å². The van der Waals surface area contributed by atoms with Crippen LogP contribution in [0.1, 0.15) is 30.4 Å². The summed E-state index contributed by atoms with van der Waals surface area (Å²) in [6, 6.07) is 23.8. The smallest absolute Gasteiger partial charge is 0.306 e. The van der Waals surface area contributed by atoms with Crippen LogP contribution in [0.2, 0.25) is 0 Å². The van der Waals surface area contributed by atoms with Gasteiger partial charge in [0.15, 0.2) is 0 Å². The second-order valence-corrected chi connectivity index (χ2v) is 7.02. The number of phenols is 1. The van der Waals surface area contributed by atoms with Gasteiger partial charge in [-0.3, -0.25) is 4.79 Å². The molecule has 0 saturated carbocycles. The number of carbonyl (C=O) groups excluding carboxylic acids is 1. The largest absolute Gasteiger partial charge is 0.508 e. The van der Waals surface area contributed by atoms with Crippen molar-refractivity contribution in [2.24, 2.45) is 0 Å². The third-order valence-corrected chi connectivity index (χ3v) is 5.17. The van der Waals surface area contributed by atoms with Gasteiger partial charge in [0.2, 0.25) is 0 Å². The normalized spacial score (nSPS) is 12.0. The Morgan fingerprint density at radius 3 is 2.45 bits per heavy atom. The standard InChI is InChI=1S/C25H23NO3/c1-2-29-25(28)15-22(23-16-26-24-14-20(27)12-13-21(23)24)19-10-8-18(9-11-19)17-6-4-3-5-7-17/h3-14,16,22,26-27H,2,15H2,1H3. The van der Waals surface area contributed by atoms with Crippen LogP contribution in [0.15, 0.2) is 79.0 Å². The van der Waals surface area contributed by atoms with E-state index in [1.54, 1.807) is 12.1 Å². The van der Waals surface area contributed by atoms with E-state index >= 15 is 0 Å². The number of hydrogen-bond acceptors (Lipinski definition) is 3. The van der Waals surface area contributed by atoms with E-state index in [1.807, 2.05) is 37.4 Å². The van der Waals surface area contributed by atoms with E-state index < -0.39 is 0 Å². The summed E-state index contributed by atoms with van der Waals surface area (Å²) < 4.78 is 5.23. The van der Waals surface area contributed by atoms with Gasteiger partial charge in [-0.2, -0.15) is 0 Å². The van der Waals surface area contributed by atoms with Crippen molar-refractivity contribution in [3.8, 4) is 16.9 Å². The topological polar surface area (TPSA) is 62.3 Å². The molecule has 3 aromatic carbocycles. The van der Waals surface area contributed by atoms with E-state index in [9.17, 15) is 9.90 Å². The Morgan fingerprint density at radius 2 is 1.72 bits per heavy atom. The molecule has 146 valence electrons. The van der Waals surface area contributed by atoms with Gasteiger partial charge in [-0.25, -0.2) is 0 Å². The predicted octanol–water partition coefficient (Wildman–Crippen LogP) is 5.63. The van der Waals surface area contributed by atoms with Crippen LogP contribution in [0.25, 0.3) is 22.0 Å². The molecule has 1 atom stereocenters. The number of nitrogens with one attached hydrogen (secondary N) is 1. The van der Waals surface area contributed by atoms with Crippen LogP contribution < -0.4 is 0 Å². The second kappa shape index (κ2) is 8.23. The van der Waals surface area contributed by atoms with Gasteiger partial charge in [-0.15, -0.1) is 0 Å². The molecule has 0 aliphatic carbocycles. The highest BCUT2D eigenvalue weighted by molar-refractivity contribution is 5.86. The Hall–Kier alpha value is -3.53. The molecular weight excluding hydrogens is 362 g/mol. The van der Waals surface area contributed by atoms with Crippen LogP contribution in [0, 0.1) is 0 Å². The van der Waals surface area contributed by atoms with Crippen LogP contribution >= 0.6 is 0 Å². The SMILES string of the molecule is CCOC(=O)CC(c1ccc(-c2ccccc2)cc1)c1c[nH]c2cc(O)ccc12. The van der Waals surface area contributed by atoms with Crippen molar-refractivity contribution in [3.05, 3.63) is 90.1 Å². The third kappa shape index (κ3) is 4.02. The molecule has 4 rings (SSSR count). The van der Waals surface area contributed by atoms with Crippen LogP contribution in [0.3, 0.4) is 0 Å². The molecule has 4 heteroatoms. The molecule has 0 spiro atoms. The first-order valence-electron chi connectivity index (χ1n) is 9.76. The zero-order chi connectivity index (χ0) is 20.2. The van der Waals surface area contributed by atoms with E-state index in [0.29, 0.717) is 6.61 Å². The molecule has 0 saturated heterocycles. The number of aromatic nitrogens is 1. The highest BCUT2D eigenvalue weighted by Crippen LogP contribution is 2.35. The lowest BCUT2D eigenvalue weighted by atomic mass is 9.87. The summed E-state index contributed by atoms with van der Waals surface area (Å²) in [5, 5.41) is 10.7. The fraction of sp³-hybridized carbons (Fsp3) is 0.160. The van der Waals surface area contributed by atoms with E-state index in [4.69, 9.17) is 4.74 Å². The Balaban J connectivity index is 1.73. The Kier molecular flexibility index (Phi) is 5.34. The van der Waals surface area contributed by atoms with Crippen LogP contribution in [-0.4, -0.2) is 22.7 Å². The van der Waals surface area contributed by atoms with Gasteiger partial charge in [0.05, 0.1) is 13.0 Å². The van der Waals surface area contributed by atoms with Crippen molar-refractivity contribution in [1.29, 1.82) is 0 Å². The second-order valence-electron chi connectivity index (χ2n) is 7.02. The first-order chi connectivity index (χ1) is 14.2. The highest BCUT2D eigenvalue weighted by atomic mass is 16.5. The minimum absolute atomic E-state index is 0.142. The molecule has 0 amide bonds. The van der Waals surface area contributed by atoms with Gasteiger partial charge in [-0.05, 0) is 41.3 Å². The van der Waals surface area contributed by atoms with Gasteiger partial charge < -0.3 is 14.8 Å². The maximum atomic E-state index is 12.3. The van der Waals surface area contributed by atoms with Crippen molar-refractivity contribution < 1.29 is 14.6 Å². The average Bonchev–Trinajstić information content (AvgIpc) is 3.16. The van der Waals surface area contributed by atoms with E-state index in [-0.39, 0.29) is 24.1 Å². The van der Waals surface area contributed by atoms with Crippen molar-refractivity contribution in [3.63, 3.8) is 0 Å². The molecule has 1 heterocycles. The number of benzene rings is 3. The monoisotopic (exact) mass is 385 g/mol. The summed E-state index contributed by atoms with van der Waals surface area (Å²) in [5.41, 5.74) is 5.19. The fourth-order valence-electron chi connectivity index (χ4n) is 3.76. The molecule has 4 nitrogen and oxygen atoms in total. The minimum Gasteiger partial charge on any atom is -0.508 e. The number of carbonyl (C=O) groups is 1. The van der Waals surface area contributed by atoms with Gasteiger partial charge in [0, 0.05) is 29.1 Å². The maximum Gasteiger partial charge on any atom is 0.306 e. The first-order valence-corrected chi connectivity index (χ1v) is 9.76. The molecule has 0 bridgehead atoms. The number of hydrogen-bond donors (Lipinski definition) is 2. The summed E-state index contributed by atoms with van der Waals surface area (Å²) >= 11 is 0. The molecule has 1 unspecified atom stereocenters. The number of phenolic OH excluding ortho intramolecular Hbond substituents is 1. The van der Waals surface area contributed by atoms with Crippen molar-refractivity contribution in [1.82, 2.24) is 4.98 Å². The average molecular weight is 385 g/mol. The Labute approximate surface area is 169 Å². The van der Waals surface area contributed by atoms with Gasteiger partial charge in [0.1, 0.15) is 5.75 Å². The minimum atomic E-state index is -0.224. The van der Waals surface area contributed by atoms with E-state index in [0.717, 1.165) is 33.2 Å². The van der Waals surface area contributed by atoms with Crippen molar-refractivity contribution in [2.45, 2.75) is 19.3 Å². The zero-order valence-electron chi connectivity index (χ0n) is 16.3. The highest BCUT2D eigenvalue weighted by Gasteiger charge is 2.22. The Morgan fingerprint density at radius 1 is 1.00 bits per heavy atom.